The number of hydrogen-bond donors (Lipinski definition) is 1. The number of methoxy groups -OCH3 is 1. The van der Waals surface area contributed by atoms with E-state index < -0.39 is 29.6 Å². The Kier molecular flexibility index (Phi) is 6.71. The minimum atomic E-state index is -4.82. The van der Waals surface area contributed by atoms with E-state index in [-0.39, 0.29) is 18.4 Å². The van der Waals surface area contributed by atoms with Crippen LogP contribution in [0, 0.1) is 0 Å². The molecular weight excluding hydrogens is 435 g/mol. The quantitative estimate of drug-likeness (QED) is 0.661. The summed E-state index contributed by atoms with van der Waals surface area (Å²) in [4.78, 5) is 12.9. The molecule has 0 amide bonds. The average Bonchev–Trinajstić information content (AvgIpc) is 3.04. The molecule has 0 aromatic heterocycles. The van der Waals surface area contributed by atoms with Gasteiger partial charge >= 0.3 is 12.3 Å². The van der Waals surface area contributed by atoms with E-state index in [1.807, 2.05) is 30.3 Å². The van der Waals surface area contributed by atoms with Crippen LogP contribution in [0.25, 0.3) is 0 Å². The highest BCUT2D eigenvalue weighted by molar-refractivity contribution is 5.85. The number of esters is 1. The van der Waals surface area contributed by atoms with Crippen LogP contribution in [0.4, 0.5) is 13.2 Å². The summed E-state index contributed by atoms with van der Waals surface area (Å²) in [5, 5.41) is 3.45. The second kappa shape index (κ2) is 8.96. The van der Waals surface area contributed by atoms with E-state index in [1.165, 1.54) is 25.3 Å². The smallest absolute Gasteiger partial charge is 0.496 e. The van der Waals surface area contributed by atoms with Gasteiger partial charge < -0.3 is 19.5 Å². The van der Waals surface area contributed by atoms with Crippen LogP contribution in [-0.2, 0) is 9.53 Å². The highest BCUT2D eigenvalue weighted by atomic mass is 35.5. The Bertz CT molecular complexity index is 925. The Morgan fingerprint density at radius 3 is 2.58 bits per heavy atom. The largest absolute Gasteiger partial charge is 0.573 e. The van der Waals surface area contributed by atoms with Crippen molar-refractivity contribution < 1.29 is 32.2 Å². The monoisotopic (exact) mass is 457 g/mol. The maximum Gasteiger partial charge on any atom is 0.573 e. The van der Waals surface area contributed by atoms with Crippen molar-refractivity contribution in [2.75, 3.05) is 13.7 Å². The van der Waals surface area contributed by atoms with Gasteiger partial charge in [0.1, 0.15) is 17.1 Å². The van der Waals surface area contributed by atoms with Crippen LogP contribution in [0.15, 0.2) is 48.5 Å². The Labute approximate surface area is 184 Å². The SMILES string of the molecule is COc1ccc(OC(F)(F)F)cc1[C@@H]1C[C@@]2(CCCN[C@H]2c2ccccc2)OC1=O.Cl. The van der Waals surface area contributed by atoms with E-state index in [2.05, 4.69) is 10.1 Å². The molecule has 2 saturated heterocycles. The normalized spacial score (nSPS) is 25.6. The molecule has 9 heteroatoms. The fraction of sp³-hybridized carbons (Fsp3) is 0.409. The van der Waals surface area contributed by atoms with Gasteiger partial charge in [0.2, 0.25) is 0 Å². The molecule has 0 saturated carbocycles. The first-order valence-corrected chi connectivity index (χ1v) is 9.76. The zero-order valence-electron chi connectivity index (χ0n) is 16.8. The Morgan fingerprint density at radius 2 is 1.90 bits per heavy atom. The third-order valence-electron chi connectivity index (χ3n) is 5.73. The van der Waals surface area contributed by atoms with Crippen LogP contribution in [-0.4, -0.2) is 31.6 Å². The summed E-state index contributed by atoms with van der Waals surface area (Å²) in [5.41, 5.74) is 0.568. The number of nitrogens with one attached hydrogen (secondary N) is 1. The molecule has 168 valence electrons. The van der Waals surface area contributed by atoms with Crippen molar-refractivity contribution in [1.82, 2.24) is 5.32 Å². The Balaban J connectivity index is 0.00000272. The second-order valence-electron chi connectivity index (χ2n) is 7.60. The zero-order chi connectivity index (χ0) is 21.4. The highest BCUT2D eigenvalue weighted by Crippen LogP contribution is 2.50. The minimum Gasteiger partial charge on any atom is -0.496 e. The van der Waals surface area contributed by atoms with Gasteiger partial charge in [0.15, 0.2) is 0 Å². The molecule has 2 aromatic rings. The molecule has 0 unspecified atom stereocenters. The number of alkyl halides is 3. The molecular formula is C22H23ClF3NO4. The van der Waals surface area contributed by atoms with Gasteiger partial charge in [-0.15, -0.1) is 25.6 Å². The molecule has 5 nitrogen and oxygen atoms in total. The van der Waals surface area contributed by atoms with Crippen LogP contribution < -0.4 is 14.8 Å². The van der Waals surface area contributed by atoms with E-state index in [0.29, 0.717) is 24.2 Å². The van der Waals surface area contributed by atoms with Crippen LogP contribution in [0.5, 0.6) is 11.5 Å². The van der Waals surface area contributed by atoms with Crippen LogP contribution in [0.3, 0.4) is 0 Å². The molecule has 0 radical (unpaired) electrons. The van der Waals surface area contributed by atoms with Crippen molar-refractivity contribution >= 4 is 18.4 Å². The van der Waals surface area contributed by atoms with E-state index in [0.717, 1.165) is 18.5 Å². The number of carbonyl (C=O) groups is 1. The summed E-state index contributed by atoms with van der Waals surface area (Å²) in [6, 6.07) is 13.3. The van der Waals surface area contributed by atoms with Crippen molar-refractivity contribution in [2.45, 2.75) is 43.2 Å². The molecule has 4 rings (SSSR count). The van der Waals surface area contributed by atoms with Crippen LogP contribution in [0.2, 0.25) is 0 Å². The Morgan fingerprint density at radius 1 is 1.16 bits per heavy atom. The first kappa shape index (κ1) is 23.2. The molecule has 2 aromatic carbocycles. The number of benzene rings is 2. The highest BCUT2D eigenvalue weighted by Gasteiger charge is 2.54. The standard InChI is InChI=1S/C22H22F3NO4.ClH/c1-28-18-9-8-15(29-22(23,24)25)12-16(18)17-13-21(30-20(17)27)10-5-11-26-19(21)14-6-3-2-4-7-14;/h2-4,6-9,12,17,19,26H,5,10-11,13H2,1H3;1H/t17-,19-,21+;/m0./s1. The number of rotatable bonds is 4. The lowest BCUT2D eigenvalue weighted by atomic mass is 9.76. The molecule has 2 heterocycles. The van der Waals surface area contributed by atoms with Gasteiger partial charge in [0, 0.05) is 12.0 Å². The maximum absolute atomic E-state index is 12.9. The first-order chi connectivity index (χ1) is 14.3. The molecule has 1 N–H and O–H groups in total. The fourth-order valence-corrected chi connectivity index (χ4v) is 4.52. The second-order valence-corrected chi connectivity index (χ2v) is 7.60. The molecule has 0 bridgehead atoms. The summed E-state index contributed by atoms with van der Waals surface area (Å²) in [5.74, 6) is -1.29. The molecule has 2 aliphatic rings. The summed E-state index contributed by atoms with van der Waals surface area (Å²) >= 11 is 0. The average molecular weight is 458 g/mol. The topological polar surface area (TPSA) is 56.8 Å². The first-order valence-electron chi connectivity index (χ1n) is 9.76. The van der Waals surface area contributed by atoms with Crippen LogP contribution >= 0.6 is 12.4 Å². The van der Waals surface area contributed by atoms with Gasteiger partial charge in [0.25, 0.3) is 0 Å². The van der Waals surface area contributed by atoms with Crippen molar-refractivity contribution in [2.24, 2.45) is 0 Å². The summed E-state index contributed by atoms with van der Waals surface area (Å²) in [7, 11) is 1.41. The lowest BCUT2D eigenvalue weighted by Gasteiger charge is -2.41. The van der Waals surface area contributed by atoms with Gasteiger partial charge in [-0.3, -0.25) is 4.79 Å². The van der Waals surface area contributed by atoms with Crippen molar-refractivity contribution in [3.05, 3.63) is 59.7 Å². The minimum absolute atomic E-state index is 0. The third kappa shape index (κ3) is 4.75. The van der Waals surface area contributed by atoms with Gasteiger partial charge in [-0.25, -0.2) is 0 Å². The maximum atomic E-state index is 12.9. The number of piperidine rings is 1. The zero-order valence-corrected chi connectivity index (χ0v) is 17.6. The predicted octanol–water partition coefficient (Wildman–Crippen LogP) is 4.91. The molecule has 1 spiro atoms. The third-order valence-corrected chi connectivity index (χ3v) is 5.73. The lowest BCUT2D eigenvalue weighted by Crippen LogP contribution is -2.48. The van der Waals surface area contributed by atoms with E-state index in [9.17, 15) is 18.0 Å². The Hall–Kier alpha value is -2.45. The number of hydrogen-bond acceptors (Lipinski definition) is 5. The predicted molar refractivity (Wildman–Crippen MR) is 110 cm³/mol. The molecule has 0 aliphatic carbocycles. The van der Waals surface area contributed by atoms with E-state index >= 15 is 0 Å². The van der Waals surface area contributed by atoms with Crippen molar-refractivity contribution in [3.63, 3.8) is 0 Å². The molecule has 3 atom stereocenters. The number of carbonyl (C=O) groups excluding carboxylic acids is 1. The van der Waals surface area contributed by atoms with Crippen molar-refractivity contribution in [3.8, 4) is 11.5 Å². The van der Waals surface area contributed by atoms with Crippen molar-refractivity contribution in [1.29, 1.82) is 0 Å². The number of halogens is 4. The fourth-order valence-electron chi connectivity index (χ4n) is 4.52. The van der Waals surface area contributed by atoms with Crippen LogP contribution in [0.1, 0.15) is 42.3 Å². The number of ether oxygens (including phenoxy) is 3. The van der Waals surface area contributed by atoms with E-state index in [4.69, 9.17) is 9.47 Å². The van der Waals surface area contributed by atoms with Gasteiger partial charge in [-0.1, -0.05) is 30.3 Å². The molecule has 2 aliphatic heterocycles. The summed E-state index contributed by atoms with van der Waals surface area (Å²) < 4.78 is 53.3. The molecule has 2 fully saturated rings. The van der Waals surface area contributed by atoms with Gasteiger partial charge in [-0.05, 0) is 43.1 Å². The van der Waals surface area contributed by atoms with E-state index in [1.54, 1.807) is 0 Å². The summed E-state index contributed by atoms with van der Waals surface area (Å²) in [6.45, 7) is 0.793. The molecule has 31 heavy (non-hydrogen) atoms. The lowest BCUT2D eigenvalue weighted by molar-refractivity contribution is -0.274. The van der Waals surface area contributed by atoms with Gasteiger partial charge in [0.05, 0.1) is 19.1 Å². The summed E-state index contributed by atoms with van der Waals surface area (Å²) in [6.07, 6.45) is -2.99. The van der Waals surface area contributed by atoms with Gasteiger partial charge in [-0.2, -0.15) is 0 Å².